The summed E-state index contributed by atoms with van der Waals surface area (Å²) in [6.07, 6.45) is 2.32. The van der Waals surface area contributed by atoms with Crippen LogP contribution in [0.25, 0.3) is 0 Å². The lowest BCUT2D eigenvalue weighted by molar-refractivity contribution is -0.123. The Kier molecular flexibility index (Phi) is 5.36. The molecule has 1 aromatic heterocycles. The summed E-state index contributed by atoms with van der Waals surface area (Å²) in [5, 5.41) is 7.26. The molecular formula is C14H22N2O2S. The van der Waals surface area contributed by atoms with Crippen molar-refractivity contribution >= 4 is 17.2 Å². The third-order valence-electron chi connectivity index (χ3n) is 3.46. The first kappa shape index (κ1) is 14.5. The van der Waals surface area contributed by atoms with Gasteiger partial charge >= 0.3 is 0 Å². The van der Waals surface area contributed by atoms with Crippen LogP contribution in [0.1, 0.15) is 31.4 Å². The van der Waals surface area contributed by atoms with E-state index in [4.69, 9.17) is 4.74 Å². The lowest BCUT2D eigenvalue weighted by Crippen LogP contribution is -2.42. The molecule has 0 aromatic carbocycles. The van der Waals surface area contributed by atoms with Gasteiger partial charge in [0.25, 0.3) is 0 Å². The zero-order valence-corrected chi connectivity index (χ0v) is 12.4. The van der Waals surface area contributed by atoms with Crippen molar-refractivity contribution in [2.75, 3.05) is 26.8 Å². The van der Waals surface area contributed by atoms with E-state index in [9.17, 15) is 4.79 Å². The molecule has 0 spiro atoms. The molecule has 2 atom stereocenters. The van der Waals surface area contributed by atoms with Gasteiger partial charge in [0.1, 0.15) is 0 Å². The quantitative estimate of drug-likeness (QED) is 0.868. The molecule has 19 heavy (non-hydrogen) atoms. The number of hydrogen-bond acceptors (Lipinski definition) is 4. The van der Waals surface area contributed by atoms with Gasteiger partial charge in [-0.25, -0.2) is 0 Å². The van der Waals surface area contributed by atoms with Gasteiger partial charge in [0.2, 0.25) is 5.91 Å². The molecule has 1 saturated heterocycles. The summed E-state index contributed by atoms with van der Waals surface area (Å²) >= 11 is 1.72. The minimum Gasteiger partial charge on any atom is -0.383 e. The molecule has 5 heteroatoms. The zero-order valence-electron chi connectivity index (χ0n) is 11.6. The Bertz CT molecular complexity index is 394. The molecule has 106 valence electrons. The van der Waals surface area contributed by atoms with E-state index in [1.54, 1.807) is 18.4 Å². The van der Waals surface area contributed by atoms with Crippen molar-refractivity contribution in [3.05, 3.63) is 22.4 Å². The lowest BCUT2D eigenvalue weighted by atomic mass is 10.1. The second kappa shape index (κ2) is 7.03. The standard InChI is InChI=1S/C14H22N2O2S/c1-11(9-18-2)15-14(17)8-16-6-3-4-13(16)12-5-7-19-10-12/h5,7,10-11,13H,3-4,6,8-9H2,1-2H3,(H,15,17)/t11-,13-/m0/s1. The van der Waals surface area contributed by atoms with Crippen LogP contribution in [0.3, 0.4) is 0 Å². The third-order valence-corrected chi connectivity index (χ3v) is 4.16. The summed E-state index contributed by atoms with van der Waals surface area (Å²) in [6.45, 7) is 4.00. The largest absolute Gasteiger partial charge is 0.383 e. The van der Waals surface area contributed by atoms with Gasteiger partial charge in [0, 0.05) is 19.2 Å². The number of carbonyl (C=O) groups is 1. The molecule has 1 aromatic rings. The first-order valence-corrected chi connectivity index (χ1v) is 7.69. The number of likely N-dealkylation sites (tertiary alicyclic amines) is 1. The van der Waals surface area contributed by atoms with Crippen LogP contribution in [-0.4, -0.2) is 43.7 Å². The van der Waals surface area contributed by atoms with E-state index < -0.39 is 0 Å². The zero-order chi connectivity index (χ0) is 13.7. The molecule has 0 aliphatic carbocycles. The summed E-state index contributed by atoms with van der Waals surface area (Å²) in [4.78, 5) is 14.3. The van der Waals surface area contributed by atoms with Crippen molar-refractivity contribution < 1.29 is 9.53 Å². The SMILES string of the molecule is COC[C@H](C)NC(=O)CN1CCC[C@H]1c1ccsc1. The molecule has 4 nitrogen and oxygen atoms in total. The highest BCUT2D eigenvalue weighted by Crippen LogP contribution is 2.32. The maximum absolute atomic E-state index is 12.0. The molecule has 0 bridgehead atoms. The minimum atomic E-state index is 0.0692. The molecule has 1 N–H and O–H groups in total. The normalized spacial score (nSPS) is 21.5. The van der Waals surface area contributed by atoms with E-state index >= 15 is 0 Å². The van der Waals surface area contributed by atoms with Crippen molar-refractivity contribution in [1.29, 1.82) is 0 Å². The van der Waals surface area contributed by atoms with Crippen LogP contribution in [0.15, 0.2) is 16.8 Å². The maximum atomic E-state index is 12.0. The summed E-state index contributed by atoms with van der Waals surface area (Å²) in [5.41, 5.74) is 1.35. The molecule has 0 saturated carbocycles. The van der Waals surface area contributed by atoms with Gasteiger partial charge < -0.3 is 10.1 Å². The fourth-order valence-corrected chi connectivity index (χ4v) is 3.36. The van der Waals surface area contributed by atoms with Crippen molar-refractivity contribution in [3.63, 3.8) is 0 Å². The first-order valence-electron chi connectivity index (χ1n) is 6.75. The Morgan fingerprint density at radius 2 is 2.53 bits per heavy atom. The number of carbonyl (C=O) groups excluding carboxylic acids is 1. The lowest BCUT2D eigenvalue weighted by Gasteiger charge is -2.24. The molecule has 0 unspecified atom stereocenters. The van der Waals surface area contributed by atoms with Crippen LogP contribution in [0.2, 0.25) is 0 Å². The van der Waals surface area contributed by atoms with E-state index in [1.807, 2.05) is 6.92 Å². The summed E-state index contributed by atoms with van der Waals surface area (Å²) in [7, 11) is 1.65. The van der Waals surface area contributed by atoms with Gasteiger partial charge in [-0.1, -0.05) is 0 Å². The Hall–Kier alpha value is -0.910. The van der Waals surface area contributed by atoms with E-state index in [-0.39, 0.29) is 11.9 Å². The number of ether oxygens (including phenoxy) is 1. The van der Waals surface area contributed by atoms with Gasteiger partial charge in [-0.15, -0.1) is 0 Å². The average molecular weight is 282 g/mol. The van der Waals surface area contributed by atoms with Crippen molar-refractivity contribution in [2.24, 2.45) is 0 Å². The van der Waals surface area contributed by atoms with Crippen molar-refractivity contribution in [2.45, 2.75) is 31.8 Å². The number of amides is 1. The monoisotopic (exact) mass is 282 g/mol. The van der Waals surface area contributed by atoms with Gasteiger partial charge in [-0.2, -0.15) is 11.3 Å². The Morgan fingerprint density at radius 1 is 1.68 bits per heavy atom. The van der Waals surface area contributed by atoms with Gasteiger partial charge in [-0.3, -0.25) is 9.69 Å². The number of nitrogens with zero attached hydrogens (tertiary/aromatic N) is 1. The molecule has 1 aliphatic heterocycles. The Morgan fingerprint density at radius 3 is 3.21 bits per heavy atom. The number of thiophene rings is 1. The van der Waals surface area contributed by atoms with E-state index in [2.05, 4.69) is 27.0 Å². The van der Waals surface area contributed by atoms with Gasteiger partial charge in [0.15, 0.2) is 0 Å². The van der Waals surface area contributed by atoms with E-state index in [1.165, 1.54) is 12.0 Å². The van der Waals surface area contributed by atoms with Crippen LogP contribution >= 0.6 is 11.3 Å². The predicted molar refractivity (Wildman–Crippen MR) is 77.3 cm³/mol. The Balaban J connectivity index is 1.86. The molecule has 1 amide bonds. The molecular weight excluding hydrogens is 260 g/mol. The molecule has 0 radical (unpaired) electrons. The second-order valence-electron chi connectivity index (χ2n) is 5.11. The van der Waals surface area contributed by atoms with Crippen LogP contribution in [-0.2, 0) is 9.53 Å². The molecule has 2 rings (SSSR count). The maximum Gasteiger partial charge on any atom is 0.234 e. The number of methoxy groups -OCH3 is 1. The fourth-order valence-electron chi connectivity index (χ4n) is 2.65. The third kappa shape index (κ3) is 4.03. The van der Waals surface area contributed by atoms with Crippen molar-refractivity contribution in [3.8, 4) is 0 Å². The Labute approximate surface area is 118 Å². The summed E-state index contributed by atoms with van der Waals surface area (Å²) in [5.74, 6) is 0.0895. The van der Waals surface area contributed by atoms with Crippen LogP contribution in [0.4, 0.5) is 0 Å². The first-order chi connectivity index (χ1) is 9.20. The second-order valence-corrected chi connectivity index (χ2v) is 5.89. The number of nitrogens with one attached hydrogen (secondary N) is 1. The van der Waals surface area contributed by atoms with Crippen molar-refractivity contribution in [1.82, 2.24) is 10.2 Å². The van der Waals surface area contributed by atoms with Crippen LogP contribution in [0.5, 0.6) is 0 Å². The fraction of sp³-hybridized carbons (Fsp3) is 0.643. The smallest absolute Gasteiger partial charge is 0.234 e. The van der Waals surface area contributed by atoms with Crippen LogP contribution < -0.4 is 5.32 Å². The predicted octanol–water partition coefficient (Wildman–Crippen LogP) is 2.04. The van der Waals surface area contributed by atoms with E-state index in [0.29, 0.717) is 19.2 Å². The van der Waals surface area contributed by atoms with Gasteiger partial charge in [0.05, 0.1) is 13.2 Å². The highest BCUT2D eigenvalue weighted by Gasteiger charge is 2.27. The van der Waals surface area contributed by atoms with Crippen LogP contribution in [0, 0.1) is 0 Å². The highest BCUT2D eigenvalue weighted by molar-refractivity contribution is 7.07. The molecule has 2 heterocycles. The molecule has 1 fully saturated rings. The summed E-state index contributed by atoms with van der Waals surface area (Å²) in [6, 6.07) is 2.65. The minimum absolute atomic E-state index is 0.0692. The number of rotatable bonds is 6. The number of hydrogen-bond donors (Lipinski definition) is 1. The highest BCUT2D eigenvalue weighted by atomic mass is 32.1. The van der Waals surface area contributed by atoms with Gasteiger partial charge in [-0.05, 0) is 48.7 Å². The van der Waals surface area contributed by atoms with E-state index in [0.717, 1.165) is 13.0 Å². The average Bonchev–Trinajstić information content (AvgIpc) is 2.98. The molecule has 1 aliphatic rings. The topological polar surface area (TPSA) is 41.6 Å². The summed E-state index contributed by atoms with van der Waals surface area (Å²) < 4.78 is 5.03.